The van der Waals surface area contributed by atoms with Crippen molar-refractivity contribution >= 4 is 30.2 Å². The predicted octanol–water partition coefficient (Wildman–Crippen LogP) is 1.36. The molecule has 0 aliphatic carbocycles. The average molecular weight is 263 g/mol. The Hall–Kier alpha value is -0.750. The third-order valence-corrected chi connectivity index (χ3v) is 2.82. The lowest BCUT2D eigenvalue weighted by Crippen LogP contribution is -2.20. The summed E-state index contributed by atoms with van der Waals surface area (Å²) in [5.74, 6) is -1.02. The van der Waals surface area contributed by atoms with E-state index < -0.39 is 18.2 Å². The first-order chi connectivity index (χ1) is 7.47. The fourth-order valence-electron chi connectivity index (χ4n) is 1.21. The van der Waals surface area contributed by atoms with Crippen LogP contribution in [0.2, 0.25) is 5.02 Å². The lowest BCUT2D eigenvalue weighted by Gasteiger charge is -2.17. The molecular weight excluding hydrogens is 252 g/mol. The van der Waals surface area contributed by atoms with Crippen molar-refractivity contribution in [2.24, 2.45) is 0 Å². The lowest BCUT2D eigenvalue weighted by molar-refractivity contribution is 0.0338. The molecule has 0 aromatic heterocycles. The maximum Gasteiger partial charge on any atom is 0.335 e. The van der Waals surface area contributed by atoms with Crippen molar-refractivity contribution in [2.45, 2.75) is 12.2 Å². The molecule has 1 aromatic rings. The van der Waals surface area contributed by atoms with Gasteiger partial charge in [0.05, 0.1) is 11.7 Å². The zero-order chi connectivity index (χ0) is 12.3. The van der Waals surface area contributed by atoms with Gasteiger partial charge in [0.15, 0.2) is 0 Å². The van der Waals surface area contributed by atoms with Crippen LogP contribution in [0.4, 0.5) is 0 Å². The summed E-state index contributed by atoms with van der Waals surface area (Å²) in [7, 11) is 0. The third kappa shape index (κ3) is 2.89. The Morgan fingerprint density at radius 2 is 2.06 bits per heavy atom. The number of carboxylic acids is 1. The minimum Gasteiger partial charge on any atom is -0.478 e. The molecule has 3 N–H and O–H groups in total. The first-order valence-electron chi connectivity index (χ1n) is 4.47. The van der Waals surface area contributed by atoms with E-state index in [0.29, 0.717) is 0 Å². The van der Waals surface area contributed by atoms with E-state index in [2.05, 4.69) is 12.6 Å². The molecule has 1 rings (SSSR count). The average Bonchev–Trinajstić information content (AvgIpc) is 2.26. The minimum atomic E-state index is -1.17. The molecule has 6 heteroatoms. The second-order valence-corrected chi connectivity index (χ2v) is 4.01. The highest BCUT2D eigenvalue weighted by atomic mass is 35.5. The molecule has 0 heterocycles. The second kappa shape index (κ2) is 5.54. The number of carbonyl (C=O) groups is 1. The molecule has 0 aliphatic heterocycles. The maximum absolute atomic E-state index is 10.6. The van der Waals surface area contributed by atoms with Crippen LogP contribution in [-0.4, -0.2) is 33.1 Å². The summed E-state index contributed by atoms with van der Waals surface area (Å²) in [4.78, 5) is 10.6. The summed E-state index contributed by atoms with van der Waals surface area (Å²) in [5.41, 5.74) is 0.314. The molecule has 2 unspecified atom stereocenters. The standard InChI is InChI=1S/C10H11ClO4S/c11-7-3-5(10(14)15)1-2-6(7)9(13)8(12)4-16/h1-3,8-9,12-13,16H,4H2,(H,14,15). The van der Waals surface area contributed by atoms with Gasteiger partial charge in [-0.2, -0.15) is 12.6 Å². The van der Waals surface area contributed by atoms with Crippen LogP contribution < -0.4 is 0 Å². The Labute approximate surface area is 103 Å². The van der Waals surface area contributed by atoms with Crippen molar-refractivity contribution in [1.82, 2.24) is 0 Å². The zero-order valence-electron chi connectivity index (χ0n) is 8.17. The fraction of sp³-hybridized carbons (Fsp3) is 0.300. The van der Waals surface area contributed by atoms with Gasteiger partial charge in [-0.3, -0.25) is 0 Å². The molecular formula is C10H11ClO4S. The number of rotatable bonds is 4. The zero-order valence-corrected chi connectivity index (χ0v) is 9.82. The predicted molar refractivity (Wildman–Crippen MR) is 63.2 cm³/mol. The van der Waals surface area contributed by atoms with Gasteiger partial charge in [-0.25, -0.2) is 4.79 Å². The summed E-state index contributed by atoms with van der Waals surface area (Å²) in [5, 5.41) is 27.9. The van der Waals surface area contributed by atoms with Gasteiger partial charge in [-0.05, 0) is 12.1 Å². The largest absolute Gasteiger partial charge is 0.478 e. The molecule has 0 aliphatic rings. The first-order valence-corrected chi connectivity index (χ1v) is 5.48. The number of benzene rings is 1. The Morgan fingerprint density at radius 1 is 1.44 bits per heavy atom. The van der Waals surface area contributed by atoms with Crippen LogP contribution in [-0.2, 0) is 0 Å². The SMILES string of the molecule is O=C(O)c1ccc(C(O)C(O)CS)c(Cl)c1. The van der Waals surface area contributed by atoms with Gasteiger partial charge in [0.25, 0.3) is 0 Å². The Kier molecular flexibility index (Phi) is 4.61. The van der Waals surface area contributed by atoms with E-state index >= 15 is 0 Å². The topological polar surface area (TPSA) is 77.8 Å². The molecule has 4 nitrogen and oxygen atoms in total. The highest BCUT2D eigenvalue weighted by Gasteiger charge is 2.20. The van der Waals surface area contributed by atoms with E-state index in [4.69, 9.17) is 16.7 Å². The van der Waals surface area contributed by atoms with E-state index in [1.54, 1.807) is 0 Å². The Bertz CT molecular complexity index is 396. The molecule has 1 aromatic carbocycles. The third-order valence-electron chi connectivity index (χ3n) is 2.12. The highest BCUT2D eigenvalue weighted by Crippen LogP contribution is 2.26. The normalized spacial score (nSPS) is 14.5. The number of aromatic carboxylic acids is 1. The van der Waals surface area contributed by atoms with Crippen molar-refractivity contribution in [3.63, 3.8) is 0 Å². The summed E-state index contributed by atoms with van der Waals surface area (Å²) < 4.78 is 0. The van der Waals surface area contributed by atoms with Crippen molar-refractivity contribution in [3.8, 4) is 0 Å². The molecule has 0 fully saturated rings. The number of halogens is 1. The molecule has 0 saturated carbocycles. The van der Waals surface area contributed by atoms with Crippen molar-refractivity contribution in [3.05, 3.63) is 34.3 Å². The van der Waals surface area contributed by atoms with E-state index in [-0.39, 0.29) is 21.9 Å². The summed E-state index contributed by atoms with van der Waals surface area (Å²) in [6, 6.07) is 3.93. The van der Waals surface area contributed by atoms with E-state index in [9.17, 15) is 15.0 Å². The van der Waals surface area contributed by atoms with Crippen LogP contribution in [0.25, 0.3) is 0 Å². The molecule has 88 valence electrons. The number of carboxylic acid groups (broad SMARTS) is 1. The molecule has 16 heavy (non-hydrogen) atoms. The Morgan fingerprint density at radius 3 is 2.50 bits per heavy atom. The van der Waals surface area contributed by atoms with Crippen LogP contribution in [0.1, 0.15) is 22.0 Å². The van der Waals surface area contributed by atoms with Crippen LogP contribution >= 0.6 is 24.2 Å². The second-order valence-electron chi connectivity index (χ2n) is 3.24. The molecule has 0 radical (unpaired) electrons. The molecule has 0 saturated heterocycles. The van der Waals surface area contributed by atoms with Gasteiger partial charge in [0.2, 0.25) is 0 Å². The fourth-order valence-corrected chi connectivity index (χ4v) is 1.70. The van der Waals surface area contributed by atoms with Gasteiger partial charge in [0, 0.05) is 16.3 Å². The number of aliphatic hydroxyl groups is 2. The monoisotopic (exact) mass is 262 g/mol. The van der Waals surface area contributed by atoms with Gasteiger partial charge < -0.3 is 15.3 Å². The number of hydrogen-bond acceptors (Lipinski definition) is 4. The van der Waals surface area contributed by atoms with E-state index in [1.165, 1.54) is 18.2 Å². The summed E-state index contributed by atoms with van der Waals surface area (Å²) in [6.45, 7) is 0. The van der Waals surface area contributed by atoms with Crippen molar-refractivity contribution in [1.29, 1.82) is 0 Å². The van der Waals surface area contributed by atoms with Gasteiger partial charge in [-0.15, -0.1) is 0 Å². The van der Waals surface area contributed by atoms with Crippen LogP contribution in [0.5, 0.6) is 0 Å². The molecule has 2 atom stereocenters. The van der Waals surface area contributed by atoms with Gasteiger partial charge in [0.1, 0.15) is 6.10 Å². The van der Waals surface area contributed by atoms with Crippen molar-refractivity contribution in [2.75, 3.05) is 5.75 Å². The smallest absolute Gasteiger partial charge is 0.335 e. The van der Waals surface area contributed by atoms with Gasteiger partial charge >= 0.3 is 5.97 Å². The van der Waals surface area contributed by atoms with Crippen LogP contribution in [0.15, 0.2) is 18.2 Å². The van der Waals surface area contributed by atoms with Crippen LogP contribution in [0.3, 0.4) is 0 Å². The van der Waals surface area contributed by atoms with Crippen LogP contribution in [0, 0.1) is 0 Å². The number of thiol groups is 1. The number of hydrogen-bond donors (Lipinski definition) is 4. The summed E-state index contributed by atoms with van der Waals surface area (Å²) in [6.07, 6.45) is -2.22. The van der Waals surface area contributed by atoms with E-state index in [1.807, 2.05) is 0 Å². The highest BCUT2D eigenvalue weighted by molar-refractivity contribution is 7.80. The number of aliphatic hydroxyl groups excluding tert-OH is 2. The minimum absolute atomic E-state index is 0.0290. The Balaban J connectivity index is 3.03. The molecule has 0 amide bonds. The first kappa shape index (κ1) is 13.3. The molecule has 0 bridgehead atoms. The van der Waals surface area contributed by atoms with E-state index in [0.717, 1.165) is 0 Å². The summed E-state index contributed by atoms with van der Waals surface area (Å²) >= 11 is 9.66. The quantitative estimate of drug-likeness (QED) is 0.618. The molecule has 0 spiro atoms. The van der Waals surface area contributed by atoms with Gasteiger partial charge in [-0.1, -0.05) is 17.7 Å². The van der Waals surface area contributed by atoms with Crippen molar-refractivity contribution < 1.29 is 20.1 Å². The maximum atomic E-state index is 10.6. The lowest BCUT2D eigenvalue weighted by atomic mass is 10.0.